The zero-order valence-electron chi connectivity index (χ0n) is 10.8. The van der Waals surface area contributed by atoms with E-state index in [1.807, 2.05) is 0 Å². The lowest BCUT2D eigenvalue weighted by Crippen LogP contribution is -2.55. The Labute approximate surface area is 116 Å². The molecule has 0 heterocycles. The van der Waals surface area contributed by atoms with Gasteiger partial charge in [0.25, 0.3) is 0 Å². The largest absolute Gasteiger partial charge is 0.480 e. The predicted molar refractivity (Wildman–Crippen MR) is 71.0 cm³/mol. The van der Waals surface area contributed by atoms with Gasteiger partial charge in [0.05, 0.1) is 13.2 Å². The Hall–Kier alpha value is -1.32. The summed E-state index contributed by atoms with van der Waals surface area (Å²) >= 11 is 3.80. The van der Waals surface area contributed by atoms with Gasteiger partial charge in [-0.1, -0.05) is 0 Å². The number of thiol groups is 1. The third-order valence-corrected chi connectivity index (χ3v) is 2.83. The molecule has 0 radical (unpaired) electrons. The number of carboxylic acids is 1. The first-order valence-corrected chi connectivity index (χ1v) is 6.17. The molecule has 0 aliphatic rings. The zero-order chi connectivity index (χ0) is 15.0. The Morgan fingerprint density at radius 1 is 1.37 bits per heavy atom. The number of carboxylic acid groups (broad SMARTS) is 1. The third kappa shape index (κ3) is 5.45. The molecule has 8 nitrogen and oxygen atoms in total. The smallest absolute Gasteiger partial charge is 0.327 e. The number of aliphatic hydroxyl groups excluding tert-OH is 1. The highest BCUT2D eigenvalue weighted by Gasteiger charge is 2.28. The van der Waals surface area contributed by atoms with E-state index in [-0.39, 0.29) is 12.3 Å². The quantitative estimate of drug-likeness (QED) is 0.316. The maximum atomic E-state index is 11.8. The van der Waals surface area contributed by atoms with Gasteiger partial charge in [-0.2, -0.15) is 12.6 Å². The van der Waals surface area contributed by atoms with E-state index in [0.29, 0.717) is 0 Å². The van der Waals surface area contributed by atoms with E-state index in [1.165, 1.54) is 7.05 Å². The molecule has 0 aromatic rings. The molecule has 0 spiro atoms. The van der Waals surface area contributed by atoms with Crippen molar-refractivity contribution >= 4 is 30.4 Å². The molecular formula is C10H19N3O5S. The van der Waals surface area contributed by atoms with Crippen LogP contribution in [0.4, 0.5) is 0 Å². The Balaban J connectivity index is 4.71. The van der Waals surface area contributed by atoms with Crippen molar-refractivity contribution in [1.29, 1.82) is 0 Å². The molecule has 0 unspecified atom stereocenters. The van der Waals surface area contributed by atoms with Crippen LogP contribution in [-0.4, -0.2) is 78.0 Å². The molecule has 2 amide bonds. The van der Waals surface area contributed by atoms with E-state index >= 15 is 0 Å². The van der Waals surface area contributed by atoms with Crippen LogP contribution in [0.2, 0.25) is 0 Å². The molecule has 0 rings (SSSR count). The molecule has 0 bridgehead atoms. The molecule has 2 atom stereocenters. The summed E-state index contributed by atoms with van der Waals surface area (Å²) in [7, 11) is 2.93. The van der Waals surface area contributed by atoms with Gasteiger partial charge in [-0.05, 0) is 7.05 Å². The van der Waals surface area contributed by atoms with Crippen LogP contribution in [0.1, 0.15) is 0 Å². The lowest BCUT2D eigenvalue weighted by molar-refractivity contribution is -0.144. The fourth-order valence-corrected chi connectivity index (χ4v) is 1.53. The molecule has 9 heteroatoms. The number of hydrogen-bond donors (Lipinski definition) is 5. The molecule has 0 aliphatic carbocycles. The standard InChI is InChI=1S/C10H19N3O5S/c1-11-3-8(15)13(2)7(4-14)9(16)12-6(5-19)10(17)18/h6-7,11,14,19H,3-5H2,1-2H3,(H,12,16)(H,17,18)/t6-,7-/m0/s1. The SMILES string of the molecule is CNCC(=O)N(C)[C@@H](CO)C(=O)N[C@@H](CS)C(=O)O. The first kappa shape index (κ1) is 17.7. The maximum absolute atomic E-state index is 11.8. The molecule has 0 saturated carbocycles. The topological polar surface area (TPSA) is 119 Å². The number of amides is 2. The first-order chi connectivity index (χ1) is 8.88. The number of hydrogen-bond acceptors (Lipinski definition) is 6. The van der Waals surface area contributed by atoms with Gasteiger partial charge in [-0.25, -0.2) is 4.79 Å². The molecule has 4 N–H and O–H groups in total. The summed E-state index contributed by atoms with van der Waals surface area (Å²) in [5.41, 5.74) is 0. The molecule has 0 aromatic carbocycles. The van der Waals surface area contributed by atoms with Crippen molar-refractivity contribution in [3.05, 3.63) is 0 Å². The molecule has 0 fully saturated rings. The Morgan fingerprint density at radius 3 is 2.32 bits per heavy atom. The lowest BCUT2D eigenvalue weighted by atomic mass is 10.2. The van der Waals surface area contributed by atoms with Crippen LogP contribution in [-0.2, 0) is 14.4 Å². The van der Waals surface area contributed by atoms with Crippen molar-refractivity contribution in [3.63, 3.8) is 0 Å². The zero-order valence-corrected chi connectivity index (χ0v) is 11.7. The number of nitrogens with zero attached hydrogens (tertiary/aromatic N) is 1. The van der Waals surface area contributed by atoms with Crippen molar-refractivity contribution in [2.45, 2.75) is 12.1 Å². The Morgan fingerprint density at radius 2 is 1.95 bits per heavy atom. The van der Waals surface area contributed by atoms with Gasteiger partial charge in [-0.15, -0.1) is 0 Å². The average molecular weight is 293 g/mol. The average Bonchev–Trinajstić information content (AvgIpc) is 2.36. The number of likely N-dealkylation sites (N-methyl/N-ethyl adjacent to an activating group) is 2. The number of nitrogens with one attached hydrogen (secondary N) is 2. The van der Waals surface area contributed by atoms with E-state index in [0.717, 1.165) is 4.90 Å². The highest BCUT2D eigenvalue weighted by Crippen LogP contribution is 1.99. The van der Waals surface area contributed by atoms with E-state index in [4.69, 9.17) is 10.2 Å². The molecule has 110 valence electrons. The molecule has 0 saturated heterocycles. The first-order valence-electron chi connectivity index (χ1n) is 5.54. The molecule has 0 aliphatic heterocycles. The van der Waals surface area contributed by atoms with Crippen molar-refractivity contribution in [1.82, 2.24) is 15.5 Å². The van der Waals surface area contributed by atoms with Crippen molar-refractivity contribution in [3.8, 4) is 0 Å². The second kappa shape index (κ2) is 8.73. The number of carbonyl (C=O) groups is 3. The highest BCUT2D eigenvalue weighted by molar-refractivity contribution is 7.80. The van der Waals surface area contributed by atoms with Crippen molar-refractivity contribution in [2.24, 2.45) is 0 Å². The Bertz CT molecular complexity index is 339. The van der Waals surface area contributed by atoms with E-state index in [2.05, 4.69) is 23.3 Å². The summed E-state index contributed by atoms with van der Waals surface area (Å²) in [6.07, 6.45) is 0. The third-order valence-electron chi connectivity index (χ3n) is 2.46. The summed E-state index contributed by atoms with van der Waals surface area (Å²) in [6, 6.07) is -2.31. The summed E-state index contributed by atoms with van der Waals surface area (Å²) in [4.78, 5) is 35.2. The van der Waals surface area contributed by atoms with Crippen LogP contribution in [0, 0.1) is 0 Å². The molecule has 19 heavy (non-hydrogen) atoms. The minimum atomic E-state index is -1.23. The van der Waals surface area contributed by atoms with Crippen LogP contribution < -0.4 is 10.6 Å². The van der Waals surface area contributed by atoms with Gasteiger partial charge in [-0.3, -0.25) is 9.59 Å². The van der Waals surface area contributed by atoms with Gasteiger partial charge in [0.15, 0.2) is 0 Å². The van der Waals surface area contributed by atoms with Gasteiger partial charge in [0.1, 0.15) is 12.1 Å². The highest BCUT2D eigenvalue weighted by atomic mass is 32.1. The van der Waals surface area contributed by atoms with Crippen molar-refractivity contribution < 1.29 is 24.6 Å². The predicted octanol–water partition coefficient (Wildman–Crippen LogP) is -2.48. The van der Waals surface area contributed by atoms with E-state index in [9.17, 15) is 14.4 Å². The number of aliphatic carboxylic acids is 1. The summed E-state index contributed by atoms with van der Waals surface area (Å²) in [6.45, 7) is -0.591. The minimum absolute atomic E-state index is 0.00913. The normalized spacial score (nSPS) is 13.5. The fourth-order valence-electron chi connectivity index (χ4n) is 1.28. The van der Waals surface area contributed by atoms with Crippen LogP contribution in [0.25, 0.3) is 0 Å². The maximum Gasteiger partial charge on any atom is 0.327 e. The minimum Gasteiger partial charge on any atom is -0.480 e. The number of carbonyl (C=O) groups excluding carboxylic acids is 2. The second-order valence-corrected chi connectivity index (χ2v) is 4.18. The molecule has 0 aromatic heterocycles. The molecular weight excluding hydrogens is 274 g/mol. The van der Waals surface area contributed by atoms with Crippen LogP contribution in [0.3, 0.4) is 0 Å². The van der Waals surface area contributed by atoms with Crippen molar-refractivity contribution in [2.75, 3.05) is 33.0 Å². The van der Waals surface area contributed by atoms with Gasteiger partial charge >= 0.3 is 5.97 Å². The lowest BCUT2D eigenvalue weighted by Gasteiger charge is -2.26. The van der Waals surface area contributed by atoms with Gasteiger partial charge < -0.3 is 25.7 Å². The number of rotatable bonds is 8. The summed E-state index contributed by atoms with van der Waals surface area (Å²) in [5.74, 6) is -2.46. The second-order valence-electron chi connectivity index (χ2n) is 3.82. The summed E-state index contributed by atoms with van der Waals surface area (Å²) in [5, 5.41) is 22.8. The summed E-state index contributed by atoms with van der Waals surface area (Å²) < 4.78 is 0. The van der Waals surface area contributed by atoms with Gasteiger partial charge in [0.2, 0.25) is 11.8 Å². The Kier molecular flexibility index (Phi) is 8.12. The van der Waals surface area contributed by atoms with Crippen LogP contribution in [0.5, 0.6) is 0 Å². The van der Waals surface area contributed by atoms with Crippen LogP contribution in [0.15, 0.2) is 0 Å². The number of aliphatic hydroxyl groups is 1. The van der Waals surface area contributed by atoms with E-state index in [1.54, 1.807) is 7.05 Å². The monoisotopic (exact) mass is 293 g/mol. The van der Waals surface area contributed by atoms with Gasteiger partial charge in [0, 0.05) is 12.8 Å². The fraction of sp³-hybridized carbons (Fsp3) is 0.700. The van der Waals surface area contributed by atoms with E-state index < -0.39 is 36.5 Å². The van der Waals surface area contributed by atoms with Crippen LogP contribution >= 0.6 is 12.6 Å².